The zero-order valence-electron chi connectivity index (χ0n) is 16.4. The van der Waals surface area contributed by atoms with Crippen LogP contribution in [-0.2, 0) is 14.3 Å². The standard InChI is InChI=1S/C23H24N2O4/c1-3-4-6-15-22(27)29-16-21(26)25-20-14-10-9-13-19(20)23(28)24-17(2)18-11-7-5-8-12-18/h3-15,17H,16H2,1-2H3,(H,24,28)(H,25,26)/b4-3+,15-6+/t17-/m1/s1. The zero-order chi connectivity index (χ0) is 21.1. The number of anilines is 1. The van der Waals surface area contributed by atoms with Crippen LogP contribution in [0, 0.1) is 0 Å². The summed E-state index contributed by atoms with van der Waals surface area (Å²) in [6.45, 7) is 3.25. The lowest BCUT2D eigenvalue weighted by atomic mass is 10.1. The van der Waals surface area contributed by atoms with Gasteiger partial charge in [0, 0.05) is 6.08 Å². The second-order valence-electron chi connectivity index (χ2n) is 6.19. The molecule has 0 aliphatic rings. The topological polar surface area (TPSA) is 84.5 Å². The molecule has 0 aromatic heterocycles. The summed E-state index contributed by atoms with van der Waals surface area (Å²) in [4.78, 5) is 36.3. The number of para-hydroxylation sites is 1. The van der Waals surface area contributed by atoms with E-state index in [1.165, 1.54) is 12.2 Å². The Morgan fingerprint density at radius 1 is 1.00 bits per heavy atom. The highest BCUT2D eigenvalue weighted by molar-refractivity contribution is 6.04. The number of allylic oxidation sites excluding steroid dienone is 3. The van der Waals surface area contributed by atoms with E-state index in [-0.39, 0.29) is 11.9 Å². The zero-order valence-corrected chi connectivity index (χ0v) is 16.4. The Balaban J connectivity index is 1.98. The van der Waals surface area contributed by atoms with Crippen molar-refractivity contribution in [1.29, 1.82) is 0 Å². The van der Waals surface area contributed by atoms with Gasteiger partial charge >= 0.3 is 5.97 Å². The third-order valence-electron chi connectivity index (χ3n) is 3.97. The highest BCUT2D eigenvalue weighted by Gasteiger charge is 2.16. The number of carbonyl (C=O) groups excluding carboxylic acids is 3. The summed E-state index contributed by atoms with van der Waals surface area (Å²) in [6.07, 6.45) is 6.18. The van der Waals surface area contributed by atoms with Crippen LogP contribution in [0.2, 0.25) is 0 Å². The molecular weight excluding hydrogens is 368 g/mol. The van der Waals surface area contributed by atoms with Gasteiger partial charge in [-0.1, -0.05) is 60.7 Å². The molecule has 0 aliphatic carbocycles. The number of amides is 2. The van der Waals surface area contributed by atoms with Gasteiger partial charge in [0.25, 0.3) is 11.8 Å². The van der Waals surface area contributed by atoms with E-state index in [2.05, 4.69) is 10.6 Å². The van der Waals surface area contributed by atoms with Crippen molar-refractivity contribution in [1.82, 2.24) is 5.32 Å². The Kier molecular flexibility index (Phi) is 8.38. The van der Waals surface area contributed by atoms with Crippen LogP contribution in [0.15, 0.2) is 78.9 Å². The van der Waals surface area contributed by atoms with Crippen LogP contribution >= 0.6 is 0 Å². The third-order valence-corrected chi connectivity index (χ3v) is 3.97. The fraction of sp³-hybridized carbons (Fsp3) is 0.174. The third kappa shape index (κ3) is 7.10. The summed E-state index contributed by atoms with van der Waals surface area (Å²) >= 11 is 0. The van der Waals surface area contributed by atoms with Crippen molar-refractivity contribution in [3.8, 4) is 0 Å². The van der Waals surface area contributed by atoms with Gasteiger partial charge in [0.05, 0.1) is 17.3 Å². The molecule has 150 valence electrons. The number of hydrogen-bond donors (Lipinski definition) is 2. The summed E-state index contributed by atoms with van der Waals surface area (Å²) in [6, 6.07) is 16.0. The van der Waals surface area contributed by atoms with Crippen molar-refractivity contribution >= 4 is 23.5 Å². The Morgan fingerprint density at radius 2 is 1.69 bits per heavy atom. The van der Waals surface area contributed by atoms with Gasteiger partial charge in [0.15, 0.2) is 6.61 Å². The van der Waals surface area contributed by atoms with Crippen molar-refractivity contribution < 1.29 is 19.1 Å². The molecule has 2 rings (SSSR count). The first-order chi connectivity index (χ1) is 14.0. The monoisotopic (exact) mass is 392 g/mol. The van der Waals surface area contributed by atoms with Crippen molar-refractivity contribution in [2.75, 3.05) is 11.9 Å². The molecule has 2 aromatic rings. The van der Waals surface area contributed by atoms with Crippen LogP contribution in [0.5, 0.6) is 0 Å². The quantitative estimate of drug-likeness (QED) is 0.407. The average molecular weight is 392 g/mol. The molecule has 0 fully saturated rings. The van der Waals surface area contributed by atoms with Crippen LogP contribution in [0.4, 0.5) is 5.69 Å². The van der Waals surface area contributed by atoms with E-state index in [9.17, 15) is 14.4 Å². The maximum Gasteiger partial charge on any atom is 0.331 e. The molecular formula is C23H24N2O4. The fourth-order valence-corrected chi connectivity index (χ4v) is 2.51. The Hall–Kier alpha value is -3.67. The molecule has 1 atom stereocenters. The summed E-state index contributed by atoms with van der Waals surface area (Å²) in [5.74, 6) is -1.47. The SMILES string of the molecule is C/C=C/C=C/C(=O)OCC(=O)Nc1ccccc1C(=O)N[C@H](C)c1ccccc1. The van der Waals surface area contributed by atoms with Crippen LogP contribution in [0.25, 0.3) is 0 Å². The fourth-order valence-electron chi connectivity index (χ4n) is 2.51. The first-order valence-corrected chi connectivity index (χ1v) is 9.22. The van der Waals surface area contributed by atoms with Crippen LogP contribution in [0.1, 0.15) is 35.8 Å². The normalized spacial score (nSPS) is 11.9. The molecule has 2 amide bonds. The second kappa shape index (κ2) is 11.2. The number of benzene rings is 2. The van der Waals surface area contributed by atoms with Crippen LogP contribution in [0.3, 0.4) is 0 Å². The second-order valence-corrected chi connectivity index (χ2v) is 6.19. The van der Waals surface area contributed by atoms with E-state index in [4.69, 9.17) is 4.74 Å². The Bertz CT molecular complexity index is 904. The number of ether oxygens (including phenoxy) is 1. The van der Waals surface area contributed by atoms with Gasteiger partial charge in [0.2, 0.25) is 0 Å². The van der Waals surface area contributed by atoms with Crippen LogP contribution < -0.4 is 10.6 Å². The molecule has 29 heavy (non-hydrogen) atoms. The maximum atomic E-state index is 12.7. The molecule has 6 nitrogen and oxygen atoms in total. The van der Waals surface area contributed by atoms with Gasteiger partial charge in [0.1, 0.15) is 0 Å². The van der Waals surface area contributed by atoms with Crippen molar-refractivity contribution in [2.45, 2.75) is 19.9 Å². The highest BCUT2D eigenvalue weighted by Crippen LogP contribution is 2.18. The lowest BCUT2D eigenvalue weighted by Crippen LogP contribution is -2.28. The first kappa shape index (κ1) is 21.6. The lowest BCUT2D eigenvalue weighted by molar-refractivity contribution is -0.142. The average Bonchev–Trinajstić information content (AvgIpc) is 2.73. The van der Waals surface area contributed by atoms with Gasteiger partial charge < -0.3 is 15.4 Å². The van der Waals surface area contributed by atoms with Crippen LogP contribution in [-0.4, -0.2) is 24.4 Å². The number of esters is 1. The number of hydrogen-bond acceptors (Lipinski definition) is 4. The van der Waals surface area contributed by atoms with E-state index in [1.54, 1.807) is 36.4 Å². The van der Waals surface area contributed by atoms with Gasteiger partial charge in [-0.2, -0.15) is 0 Å². The number of rotatable bonds is 8. The number of nitrogens with one attached hydrogen (secondary N) is 2. The highest BCUT2D eigenvalue weighted by atomic mass is 16.5. The van der Waals surface area contributed by atoms with Gasteiger partial charge in [-0.15, -0.1) is 0 Å². The molecule has 2 N–H and O–H groups in total. The number of carbonyl (C=O) groups is 3. The summed E-state index contributed by atoms with van der Waals surface area (Å²) < 4.78 is 4.87. The minimum atomic E-state index is -0.624. The summed E-state index contributed by atoms with van der Waals surface area (Å²) in [7, 11) is 0. The minimum absolute atomic E-state index is 0.197. The van der Waals surface area contributed by atoms with Gasteiger partial charge in [-0.25, -0.2) is 4.79 Å². The first-order valence-electron chi connectivity index (χ1n) is 9.22. The molecule has 0 spiro atoms. The van der Waals surface area contributed by atoms with E-state index >= 15 is 0 Å². The largest absolute Gasteiger partial charge is 0.452 e. The van der Waals surface area contributed by atoms with Crippen molar-refractivity contribution in [3.05, 3.63) is 90.0 Å². The lowest BCUT2D eigenvalue weighted by Gasteiger charge is -2.16. The van der Waals surface area contributed by atoms with Crippen molar-refractivity contribution in [3.63, 3.8) is 0 Å². The van der Waals surface area contributed by atoms with E-state index in [0.29, 0.717) is 11.3 Å². The maximum absolute atomic E-state index is 12.7. The molecule has 0 radical (unpaired) electrons. The Labute approximate surface area is 170 Å². The molecule has 0 bridgehead atoms. The molecule has 0 saturated heterocycles. The molecule has 0 saturated carbocycles. The minimum Gasteiger partial charge on any atom is -0.452 e. The van der Waals surface area contributed by atoms with E-state index < -0.39 is 18.5 Å². The Morgan fingerprint density at radius 3 is 2.41 bits per heavy atom. The molecule has 0 heterocycles. The molecule has 0 aliphatic heterocycles. The van der Waals surface area contributed by atoms with E-state index in [1.807, 2.05) is 44.2 Å². The smallest absolute Gasteiger partial charge is 0.331 e. The molecule has 6 heteroatoms. The summed E-state index contributed by atoms with van der Waals surface area (Å²) in [5.41, 5.74) is 1.64. The predicted molar refractivity (Wildman–Crippen MR) is 112 cm³/mol. The predicted octanol–water partition coefficient (Wildman–Crippen LogP) is 3.79. The van der Waals surface area contributed by atoms with Crippen molar-refractivity contribution in [2.24, 2.45) is 0 Å². The molecule has 0 unspecified atom stereocenters. The van der Waals surface area contributed by atoms with E-state index in [0.717, 1.165) is 5.56 Å². The summed E-state index contributed by atoms with van der Waals surface area (Å²) in [5, 5.41) is 5.53. The molecule has 2 aromatic carbocycles. The van der Waals surface area contributed by atoms with Gasteiger partial charge in [-0.3, -0.25) is 9.59 Å². The van der Waals surface area contributed by atoms with Gasteiger partial charge in [-0.05, 0) is 31.5 Å².